The van der Waals surface area contributed by atoms with Crippen LogP contribution in [0.2, 0.25) is 0 Å². The summed E-state index contributed by atoms with van der Waals surface area (Å²) < 4.78 is 55.0. The van der Waals surface area contributed by atoms with Gasteiger partial charge in [-0.25, -0.2) is 8.42 Å². The average Bonchev–Trinajstić information content (AvgIpc) is 2.68. The van der Waals surface area contributed by atoms with E-state index in [-0.39, 0.29) is 37.6 Å². The zero-order chi connectivity index (χ0) is 21.2. The first-order chi connectivity index (χ1) is 13.6. The number of hydrogen-bond donors (Lipinski definition) is 0. The average molecular weight is 448 g/mol. The van der Waals surface area contributed by atoms with Crippen molar-refractivity contribution in [3.63, 3.8) is 0 Å². The predicted molar refractivity (Wildman–Crippen MR) is 107 cm³/mol. The zero-order valence-corrected chi connectivity index (χ0v) is 17.8. The van der Waals surface area contributed by atoms with Gasteiger partial charge in [-0.1, -0.05) is 12.1 Å². The molecule has 2 heterocycles. The number of non-ortho nitro benzene ring substituents is 1. The van der Waals surface area contributed by atoms with Gasteiger partial charge in [0.2, 0.25) is 10.0 Å². The van der Waals surface area contributed by atoms with Crippen molar-refractivity contribution >= 4 is 25.9 Å². The van der Waals surface area contributed by atoms with Gasteiger partial charge in [-0.2, -0.15) is 21.3 Å². The van der Waals surface area contributed by atoms with Crippen molar-refractivity contribution in [3.8, 4) is 0 Å². The van der Waals surface area contributed by atoms with E-state index in [2.05, 4.69) is 4.90 Å². The molecule has 2 saturated heterocycles. The molecule has 0 aromatic heterocycles. The third kappa shape index (κ3) is 5.10. The molecule has 0 unspecified atom stereocenters. The van der Waals surface area contributed by atoms with Crippen LogP contribution >= 0.6 is 0 Å². The van der Waals surface area contributed by atoms with Crippen molar-refractivity contribution in [2.45, 2.75) is 5.75 Å². The highest BCUT2D eigenvalue weighted by Crippen LogP contribution is 2.19. The predicted octanol–water partition coefficient (Wildman–Crippen LogP) is -0.466. The molecule has 1 aromatic carbocycles. The summed E-state index contributed by atoms with van der Waals surface area (Å²) in [5.41, 5.74) is 0.344. The van der Waals surface area contributed by atoms with Crippen LogP contribution in [0.5, 0.6) is 0 Å². The SMILES string of the molecule is CN1CCN(S(=O)(=O)N2CCN(S(=O)(=O)Cc3ccc([N+](=O)[O-])cc3)CC2)CC1. The second-order valence-electron chi connectivity index (χ2n) is 7.19. The topological polar surface area (TPSA) is 124 Å². The smallest absolute Gasteiger partial charge is 0.282 e. The molecule has 0 spiro atoms. The maximum absolute atomic E-state index is 12.8. The first-order valence-corrected chi connectivity index (χ1v) is 12.2. The Morgan fingerprint density at radius 1 is 0.828 bits per heavy atom. The van der Waals surface area contributed by atoms with E-state index in [0.717, 1.165) is 0 Å². The van der Waals surface area contributed by atoms with Crippen molar-refractivity contribution in [2.24, 2.45) is 0 Å². The number of nitrogens with zero attached hydrogens (tertiary/aromatic N) is 5. The number of nitro benzene ring substituents is 1. The highest BCUT2D eigenvalue weighted by Gasteiger charge is 2.36. The molecule has 0 saturated carbocycles. The Kier molecular flexibility index (Phi) is 6.55. The molecule has 0 bridgehead atoms. The maximum atomic E-state index is 12.8. The lowest BCUT2D eigenvalue weighted by Gasteiger charge is -2.38. The molecule has 0 radical (unpaired) electrons. The van der Waals surface area contributed by atoms with Crippen molar-refractivity contribution in [2.75, 3.05) is 59.4 Å². The molecular formula is C16H25N5O6S2. The van der Waals surface area contributed by atoms with Gasteiger partial charge in [0.25, 0.3) is 15.9 Å². The van der Waals surface area contributed by atoms with Gasteiger partial charge in [-0.3, -0.25) is 10.1 Å². The van der Waals surface area contributed by atoms with Crippen molar-refractivity contribution in [1.29, 1.82) is 0 Å². The van der Waals surface area contributed by atoms with Crippen molar-refractivity contribution < 1.29 is 21.8 Å². The molecule has 0 atom stereocenters. The number of rotatable bonds is 6. The van der Waals surface area contributed by atoms with Crippen LogP contribution in [0, 0.1) is 10.1 Å². The van der Waals surface area contributed by atoms with Crippen molar-refractivity contribution in [3.05, 3.63) is 39.9 Å². The van der Waals surface area contributed by atoms with Gasteiger partial charge < -0.3 is 4.90 Å². The summed E-state index contributed by atoms with van der Waals surface area (Å²) in [4.78, 5) is 12.2. The molecule has 0 aliphatic carbocycles. The summed E-state index contributed by atoms with van der Waals surface area (Å²) in [6, 6.07) is 5.38. The molecule has 0 amide bonds. The molecular weight excluding hydrogens is 422 g/mol. The number of sulfonamides is 1. The Morgan fingerprint density at radius 2 is 1.28 bits per heavy atom. The molecule has 2 aliphatic heterocycles. The van der Waals surface area contributed by atoms with Crippen LogP contribution in [0.3, 0.4) is 0 Å². The Labute approximate surface area is 170 Å². The fourth-order valence-corrected chi connectivity index (χ4v) is 6.47. The maximum Gasteiger partial charge on any atom is 0.282 e. The zero-order valence-electron chi connectivity index (χ0n) is 16.2. The fraction of sp³-hybridized carbons (Fsp3) is 0.625. The van der Waals surface area contributed by atoms with E-state index in [1.54, 1.807) is 0 Å². The van der Waals surface area contributed by atoms with Gasteiger partial charge in [0.15, 0.2) is 0 Å². The summed E-state index contributed by atoms with van der Waals surface area (Å²) in [6.45, 7) is 2.58. The molecule has 29 heavy (non-hydrogen) atoms. The summed E-state index contributed by atoms with van der Waals surface area (Å²) in [6.07, 6.45) is 0. The summed E-state index contributed by atoms with van der Waals surface area (Å²) in [5, 5.41) is 10.7. The Balaban J connectivity index is 1.59. The van der Waals surface area contributed by atoms with Gasteiger partial charge >= 0.3 is 0 Å². The lowest BCUT2D eigenvalue weighted by atomic mass is 10.2. The fourth-order valence-electron chi connectivity index (χ4n) is 3.38. The van der Waals surface area contributed by atoms with Crippen LogP contribution in [0.1, 0.15) is 5.56 Å². The van der Waals surface area contributed by atoms with Crippen LogP contribution < -0.4 is 0 Å². The lowest BCUT2D eigenvalue weighted by Crippen LogP contribution is -2.57. The quantitative estimate of drug-likeness (QED) is 0.427. The number of nitro groups is 1. The standard InChI is InChI=1S/C16H25N5O6S2/c1-17-6-8-19(9-7-17)29(26,27)20-12-10-18(11-13-20)28(24,25)14-15-2-4-16(5-3-15)21(22)23/h2-5H,6-14H2,1H3. The number of likely N-dealkylation sites (N-methyl/N-ethyl adjacent to an activating group) is 1. The molecule has 13 heteroatoms. The van der Waals surface area contributed by atoms with Crippen LogP contribution in [0.4, 0.5) is 5.69 Å². The summed E-state index contributed by atoms with van der Waals surface area (Å²) in [7, 11) is -5.30. The number of benzene rings is 1. The number of piperazine rings is 2. The Bertz CT molecular complexity index is 935. The Hall–Kier alpha value is -1.64. The van der Waals surface area contributed by atoms with Gasteiger partial charge in [0.1, 0.15) is 0 Å². The van der Waals surface area contributed by atoms with E-state index >= 15 is 0 Å². The first-order valence-electron chi connectivity index (χ1n) is 9.24. The van der Waals surface area contributed by atoms with Crippen LogP contribution in [0.15, 0.2) is 24.3 Å². The molecule has 2 aliphatic rings. The van der Waals surface area contributed by atoms with E-state index < -0.39 is 25.2 Å². The molecule has 0 N–H and O–H groups in total. The van der Waals surface area contributed by atoms with E-state index in [4.69, 9.17) is 0 Å². The molecule has 162 valence electrons. The van der Waals surface area contributed by atoms with Gasteiger partial charge in [0.05, 0.1) is 10.7 Å². The first kappa shape index (κ1) is 22.1. The monoisotopic (exact) mass is 447 g/mol. The van der Waals surface area contributed by atoms with Gasteiger partial charge in [-0.05, 0) is 12.6 Å². The second-order valence-corrected chi connectivity index (χ2v) is 11.1. The van der Waals surface area contributed by atoms with Crippen molar-refractivity contribution in [1.82, 2.24) is 17.8 Å². The van der Waals surface area contributed by atoms with Crippen LogP contribution in [-0.4, -0.2) is 99.0 Å². The highest BCUT2D eigenvalue weighted by atomic mass is 32.2. The minimum absolute atomic E-state index is 0.0856. The van der Waals surface area contributed by atoms with E-state index in [1.807, 2.05) is 7.05 Å². The van der Waals surface area contributed by atoms with E-state index in [1.165, 1.54) is 37.2 Å². The molecule has 2 fully saturated rings. The summed E-state index contributed by atoms with van der Waals surface area (Å²) >= 11 is 0. The third-order valence-corrected chi connectivity index (χ3v) is 9.09. The minimum Gasteiger partial charge on any atom is -0.304 e. The Morgan fingerprint density at radius 3 is 1.76 bits per heavy atom. The normalized spacial score (nSPS) is 21.3. The summed E-state index contributed by atoms with van der Waals surface area (Å²) in [5.74, 6) is -0.282. The van der Waals surface area contributed by atoms with Gasteiger partial charge in [0, 0.05) is 64.5 Å². The second kappa shape index (κ2) is 8.62. The van der Waals surface area contributed by atoms with E-state index in [9.17, 15) is 26.9 Å². The van der Waals surface area contributed by atoms with Crippen LogP contribution in [-0.2, 0) is 26.0 Å². The number of hydrogen-bond acceptors (Lipinski definition) is 7. The minimum atomic E-state index is -3.65. The highest BCUT2D eigenvalue weighted by molar-refractivity contribution is 7.88. The molecule has 1 aromatic rings. The third-order valence-electron chi connectivity index (χ3n) is 5.20. The van der Waals surface area contributed by atoms with Gasteiger partial charge in [-0.15, -0.1) is 0 Å². The lowest BCUT2D eigenvalue weighted by molar-refractivity contribution is -0.384. The molecule has 3 rings (SSSR count). The van der Waals surface area contributed by atoms with E-state index in [0.29, 0.717) is 31.7 Å². The van der Waals surface area contributed by atoms with Crippen LogP contribution in [0.25, 0.3) is 0 Å². The molecule has 11 nitrogen and oxygen atoms in total. The largest absolute Gasteiger partial charge is 0.304 e.